The molecule has 4 rings (SSSR count). The normalized spacial score (nSPS) is 19.2. The third-order valence-corrected chi connectivity index (χ3v) is 6.30. The number of benzene rings is 2. The molecule has 37 heavy (non-hydrogen) atoms. The maximum atomic E-state index is 12.8. The van der Waals surface area contributed by atoms with Crippen LogP contribution in [0.5, 0.6) is 0 Å². The Labute approximate surface area is 226 Å². The van der Waals surface area contributed by atoms with Gasteiger partial charge in [-0.1, -0.05) is 58.0 Å². The predicted molar refractivity (Wildman–Crippen MR) is 145 cm³/mol. The van der Waals surface area contributed by atoms with Crippen molar-refractivity contribution < 1.29 is 23.8 Å². The molecule has 3 aromatic rings. The van der Waals surface area contributed by atoms with Crippen LogP contribution in [0.2, 0.25) is 0 Å². The summed E-state index contributed by atoms with van der Waals surface area (Å²) in [5.41, 5.74) is 1.81. The molecule has 0 unspecified atom stereocenters. The Morgan fingerprint density at radius 1 is 1.03 bits per heavy atom. The lowest BCUT2D eigenvalue weighted by atomic mass is 10.1. The minimum Gasteiger partial charge on any atom is -0.459 e. The Kier molecular flexibility index (Phi) is 8.39. The maximum absolute atomic E-state index is 12.8. The topological polar surface area (TPSA) is 117 Å². The Balaban J connectivity index is 1.56. The van der Waals surface area contributed by atoms with E-state index < -0.39 is 41.6 Å². The molecular weight excluding hydrogens is 591 g/mol. The number of aromatic nitrogens is 2. The fourth-order valence-electron chi connectivity index (χ4n) is 3.87. The lowest BCUT2D eigenvalue weighted by Crippen LogP contribution is -2.33. The summed E-state index contributed by atoms with van der Waals surface area (Å²) in [7, 11) is 0. The van der Waals surface area contributed by atoms with E-state index in [9.17, 15) is 19.2 Å². The molecule has 1 saturated heterocycles. The summed E-state index contributed by atoms with van der Waals surface area (Å²) in [5, 5.41) is 0. The molecule has 1 N–H and O–H groups in total. The number of hydrogen-bond acceptors (Lipinski definition) is 7. The van der Waals surface area contributed by atoms with Crippen molar-refractivity contribution in [1.82, 2.24) is 9.55 Å². The molecule has 192 valence electrons. The first-order valence-electron chi connectivity index (χ1n) is 11.5. The minimum atomic E-state index is -0.857. The SMILES string of the molecule is Cc1ccc(C(=O)OC[C@H]2O[C@@H](n3cc(C=CI)c(=O)[nH]c3=O)C[C@@H]2OC(=O)c2ccc(C)cc2)cc1. The number of carbonyl (C=O) groups excluding carboxylic acids is 2. The second kappa shape index (κ2) is 11.7. The van der Waals surface area contributed by atoms with Gasteiger partial charge in [0.25, 0.3) is 5.56 Å². The molecule has 0 spiro atoms. The van der Waals surface area contributed by atoms with Gasteiger partial charge in [0, 0.05) is 12.6 Å². The molecule has 0 saturated carbocycles. The van der Waals surface area contributed by atoms with E-state index in [4.69, 9.17) is 14.2 Å². The number of nitrogens with zero attached hydrogens (tertiary/aromatic N) is 1. The van der Waals surface area contributed by atoms with Gasteiger partial charge >= 0.3 is 17.6 Å². The van der Waals surface area contributed by atoms with Crippen LogP contribution in [0, 0.1) is 13.8 Å². The van der Waals surface area contributed by atoms with Crippen LogP contribution in [0.4, 0.5) is 0 Å². The van der Waals surface area contributed by atoms with Crippen molar-refractivity contribution in [2.45, 2.75) is 38.7 Å². The van der Waals surface area contributed by atoms with Gasteiger partial charge in [0.05, 0.1) is 16.7 Å². The van der Waals surface area contributed by atoms with Crippen LogP contribution >= 0.6 is 22.6 Å². The van der Waals surface area contributed by atoms with Gasteiger partial charge < -0.3 is 14.2 Å². The van der Waals surface area contributed by atoms with E-state index >= 15 is 0 Å². The number of hydrogen-bond donors (Lipinski definition) is 1. The average Bonchev–Trinajstić information content (AvgIpc) is 3.27. The largest absolute Gasteiger partial charge is 0.459 e. The summed E-state index contributed by atoms with van der Waals surface area (Å²) < 4.78 is 20.1. The highest BCUT2D eigenvalue weighted by Gasteiger charge is 2.40. The van der Waals surface area contributed by atoms with Gasteiger partial charge in [0.15, 0.2) is 0 Å². The fraction of sp³-hybridized carbons (Fsp3) is 0.259. The molecule has 1 aromatic heterocycles. The molecule has 1 fully saturated rings. The summed E-state index contributed by atoms with van der Waals surface area (Å²) in [4.78, 5) is 52.3. The highest BCUT2D eigenvalue weighted by Crippen LogP contribution is 2.31. The Morgan fingerprint density at radius 3 is 2.22 bits per heavy atom. The van der Waals surface area contributed by atoms with Crippen molar-refractivity contribution in [3.8, 4) is 0 Å². The van der Waals surface area contributed by atoms with Crippen LogP contribution in [0.15, 0.2) is 68.4 Å². The van der Waals surface area contributed by atoms with E-state index in [-0.39, 0.29) is 18.6 Å². The predicted octanol–water partition coefficient (Wildman–Crippen LogP) is 3.93. The summed E-state index contributed by atoms with van der Waals surface area (Å²) in [6.07, 6.45) is 0.553. The first-order chi connectivity index (χ1) is 17.7. The molecule has 1 aliphatic rings. The first-order valence-corrected chi connectivity index (χ1v) is 12.8. The standard InChI is InChI=1S/C27H25IN2O7/c1-16-3-7-18(8-4-16)25(32)35-15-22-21(37-26(33)19-9-5-17(2)6-10-19)13-23(36-22)30-14-20(11-12-28)24(31)29-27(30)34/h3-12,14,21-23H,13,15H2,1-2H3,(H,29,31,34)/t21-,22+,23+/m0/s1. The molecule has 0 aliphatic carbocycles. The fourth-order valence-corrected chi connectivity index (χ4v) is 4.26. The van der Waals surface area contributed by atoms with Crippen molar-refractivity contribution in [2.24, 2.45) is 0 Å². The zero-order valence-electron chi connectivity index (χ0n) is 20.2. The number of carbonyl (C=O) groups is 2. The quantitative estimate of drug-likeness (QED) is 0.316. The molecule has 2 heterocycles. The number of esters is 2. The van der Waals surface area contributed by atoms with Crippen molar-refractivity contribution in [1.29, 1.82) is 0 Å². The summed E-state index contributed by atoms with van der Waals surface area (Å²) in [6.45, 7) is 3.62. The lowest BCUT2D eigenvalue weighted by Gasteiger charge is -2.19. The van der Waals surface area contributed by atoms with E-state index in [2.05, 4.69) is 4.98 Å². The molecular formula is C27H25IN2O7. The van der Waals surface area contributed by atoms with Gasteiger partial charge in [-0.25, -0.2) is 14.4 Å². The molecule has 10 heteroatoms. The average molecular weight is 616 g/mol. The van der Waals surface area contributed by atoms with E-state index in [1.54, 1.807) is 58.7 Å². The smallest absolute Gasteiger partial charge is 0.338 e. The highest BCUT2D eigenvalue weighted by molar-refractivity contribution is 14.1. The third-order valence-electron chi connectivity index (χ3n) is 5.94. The van der Waals surface area contributed by atoms with Crippen LogP contribution in [0.3, 0.4) is 0 Å². The summed E-state index contributed by atoms with van der Waals surface area (Å²) in [5.74, 6) is -1.11. The van der Waals surface area contributed by atoms with Crippen molar-refractivity contribution in [2.75, 3.05) is 6.61 Å². The molecule has 3 atom stereocenters. The number of rotatable bonds is 7. The van der Waals surface area contributed by atoms with Gasteiger partial charge in [-0.15, -0.1) is 0 Å². The second-order valence-electron chi connectivity index (χ2n) is 8.68. The van der Waals surface area contributed by atoms with Gasteiger partial charge in [0.1, 0.15) is 25.0 Å². The van der Waals surface area contributed by atoms with Gasteiger partial charge in [0.2, 0.25) is 0 Å². The maximum Gasteiger partial charge on any atom is 0.338 e. The number of ether oxygens (including phenoxy) is 3. The molecule has 0 bridgehead atoms. The number of aromatic amines is 1. The monoisotopic (exact) mass is 616 g/mol. The van der Waals surface area contributed by atoms with Crippen LogP contribution in [0.25, 0.3) is 6.08 Å². The molecule has 2 aromatic carbocycles. The second-order valence-corrected chi connectivity index (χ2v) is 9.40. The van der Waals surface area contributed by atoms with Crippen LogP contribution in [0.1, 0.15) is 50.1 Å². The number of halogens is 1. The Hall–Kier alpha value is -3.51. The highest BCUT2D eigenvalue weighted by atomic mass is 127. The lowest BCUT2D eigenvalue weighted by molar-refractivity contribution is -0.0582. The first kappa shape index (κ1) is 26.6. The Bertz CT molecular complexity index is 1420. The van der Waals surface area contributed by atoms with Crippen molar-refractivity contribution in [3.63, 3.8) is 0 Å². The van der Waals surface area contributed by atoms with E-state index in [0.29, 0.717) is 11.1 Å². The number of H-pyrrole nitrogens is 1. The van der Waals surface area contributed by atoms with Gasteiger partial charge in [-0.3, -0.25) is 14.3 Å². The van der Waals surface area contributed by atoms with Crippen molar-refractivity contribution in [3.05, 3.63) is 107 Å². The van der Waals surface area contributed by atoms with E-state index in [1.807, 2.05) is 36.4 Å². The summed E-state index contributed by atoms with van der Waals surface area (Å²) >= 11 is 1.97. The van der Waals surface area contributed by atoms with Crippen LogP contribution in [-0.4, -0.2) is 40.3 Å². The Morgan fingerprint density at radius 2 is 1.62 bits per heavy atom. The van der Waals surface area contributed by atoms with Crippen LogP contribution in [-0.2, 0) is 14.2 Å². The molecule has 0 amide bonds. The van der Waals surface area contributed by atoms with E-state index in [0.717, 1.165) is 11.1 Å². The summed E-state index contributed by atoms with van der Waals surface area (Å²) in [6, 6.07) is 13.8. The molecule has 9 nitrogen and oxygen atoms in total. The zero-order chi connectivity index (χ0) is 26.5. The minimum absolute atomic E-state index is 0.115. The number of aryl methyl sites for hydroxylation is 2. The van der Waals surface area contributed by atoms with Gasteiger partial charge in [-0.2, -0.15) is 0 Å². The van der Waals surface area contributed by atoms with Crippen molar-refractivity contribution >= 4 is 40.6 Å². The molecule has 1 aliphatic heterocycles. The van der Waals surface area contributed by atoms with E-state index in [1.165, 1.54) is 10.8 Å². The van der Waals surface area contributed by atoms with Crippen LogP contribution < -0.4 is 11.2 Å². The van der Waals surface area contributed by atoms with Gasteiger partial charge in [-0.05, 0) is 48.3 Å². The molecule has 0 radical (unpaired) electrons. The zero-order valence-corrected chi connectivity index (χ0v) is 22.3. The third kappa shape index (κ3) is 6.44. The number of nitrogens with one attached hydrogen (secondary N) is 1.